The minimum absolute atomic E-state index is 0.0108. The van der Waals surface area contributed by atoms with Crippen molar-refractivity contribution in [2.45, 2.75) is 32.2 Å². The number of pyridine rings is 1. The normalized spacial score (nSPS) is 13.3. The summed E-state index contributed by atoms with van der Waals surface area (Å²) in [7, 11) is 0. The van der Waals surface area contributed by atoms with Crippen LogP contribution in [0.5, 0.6) is 0 Å². The first-order chi connectivity index (χ1) is 15.2. The first-order valence-corrected chi connectivity index (χ1v) is 10.4. The lowest BCUT2D eigenvalue weighted by molar-refractivity contribution is -0.118. The summed E-state index contributed by atoms with van der Waals surface area (Å²) in [5.74, 6) is 1.44. The monoisotopic (exact) mass is 413 g/mol. The molecule has 1 amide bonds. The number of amides is 1. The van der Waals surface area contributed by atoms with Crippen molar-refractivity contribution in [2.75, 3.05) is 11.9 Å². The molecule has 3 heterocycles. The van der Waals surface area contributed by atoms with Gasteiger partial charge < -0.3 is 15.2 Å². The van der Waals surface area contributed by atoms with Gasteiger partial charge in [0.1, 0.15) is 11.3 Å². The summed E-state index contributed by atoms with van der Waals surface area (Å²) in [6.07, 6.45) is 8.40. The molecule has 1 aromatic carbocycles. The Morgan fingerprint density at radius 2 is 1.87 bits per heavy atom. The van der Waals surface area contributed by atoms with Crippen molar-refractivity contribution in [2.24, 2.45) is 0 Å². The lowest BCUT2D eigenvalue weighted by atomic mass is 10.1. The van der Waals surface area contributed by atoms with Gasteiger partial charge in [0.2, 0.25) is 11.9 Å². The first-order valence-electron chi connectivity index (χ1n) is 10.4. The van der Waals surface area contributed by atoms with Gasteiger partial charge in [-0.3, -0.25) is 9.78 Å². The molecule has 156 valence electrons. The van der Waals surface area contributed by atoms with Crippen LogP contribution in [0.3, 0.4) is 0 Å². The highest BCUT2D eigenvalue weighted by Gasteiger charge is 2.29. The number of hydrogen-bond donors (Lipinski definition) is 2. The molecule has 5 rings (SSSR count). The second-order valence-electron chi connectivity index (χ2n) is 7.73. The van der Waals surface area contributed by atoms with Crippen LogP contribution < -0.4 is 10.6 Å². The quantitative estimate of drug-likeness (QED) is 0.480. The van der Waals surface area contributed by atoms with Crippen molar-refractivity contribution in [1.82, 2.24) is 29.8 Å². The number of nitrogens with one attached hydrogen (secondary N) is 2. The molecule has 8 heteroatoms. The number of hydrogen-bond acceptors (Lipinski definition) is 6. The standard InChI is InChI=1S/C23H23N7O/c1-15(31)25-13-8-16-2-4-18(5-3-16)27-23-26-14-20-22(29-23)30(19-6-7-19)21(28-20)17-9-11-24-12-10-17/h2-5,9-12,14,19H,6-8,13H2,1H3,(H,25,31)(H,26,27,29). The third-order valence-electron chi connectivity index (χ3n) is 5.28. The molecule has 1 saturated carbocycles. The lowest BCUT2D eigenvalue weighted by Gasteiger charge is -2.09. The van der Waals surface area contributed by atoms with Crippen molar-refractivity contribution >= 4 is 28.7 Å². The zero-order valence-electron chi connectivity index (χ0n) is 17.2. The number of anilines is 2. The third-order valence-corrected chi connectivity index (χ3v) is 5.28. The van der Waals surface area contributed by atoms with Gasteiger partial charge in [-0.2, -0.15) is 4.98 Å². The molecule has 1 aliphatic carbocycles. The van der Waals surface area contributed by atoms with E-state index in [0.29, 0.717) is 18.5 Å². The molecular formula is C23H23N7O. The summed E-state index contributed by atoms with van der Waals surface area (Å²) in [6, 6.07) is 12.4. The lowest BCUT2D eigenvalue weighted by Crippen LogP contribution is -2.22. The second-order valence-corrected chi connectivity index (χ2v) is 7.73. The predicted molar refractivity (Wildman–Crippen MR) is 119 cm³/mol. The van der Waals surface area contributed by atoms with E-state index in [2.05, 4.69) is 25.2 Å². The van der Waals surface area contributed by atoms with Crippen LogP contribution in [0.4, 0.5) is 11.6 Å². The minimum Gasteiger partial charge on any atom is -0.356 e. The van der Waals surface area contributed by atoms with E-state index in [1.54, 1.807) is 18.6 Å². The summed E-state index contributed by atoms with van der Waals surface area (Å²) >= 11 is 0. The molecule has 3 aromatic heterocycles. The van der Waals surface area contributed by atoms with Crippen LogP contribution in [0.1, 0.15) is 31.4 Å². The Morgan fingerprint density at radius 1 is 1.10 bits per heavy atom. The van der Waals surface area contributed by atoms with E-state index in [4.69, 9.17) is 9.97 Å². The third kappa shape index (κ3) is 4.23. The van der Waals surface area contributed by atoms with E-state index in [9.17, 15) is 4.79 Å². The van der Waals surface area contributed by atoms with Crippen LogP contribution in [0.25, 0.3) is 22.6 Å². The Hall–Kier alpha value is -3.81. The van der Waals surface area contributed by atoms with Crippen molar-refractivity contribution < 1.29 is 4.79 Å². The van der Waals surface area contributed by atoms with Gasteiger partial charge in [0, 0.05) is 43.2 Å². The van der Waals surface area contributed by atoms with Gasteiger partial charge in [-0.25, -0.2) is 9.97 Å². The Balaban J connectivity index is 1.39. The fraction of sp³-hybridized carbons (Fsp3) is 0.261. The molecule has 1 fully saturated rings. The van der Waals surface area contributed by atoms with E-state index < -0.39 is 0 Å². The first kappa shape index (κ1) is 19.2. The van der Waals surface area contributed by atoms with Crippen molar-refractivity contribution in [1.29, 1.82) is 0 Å². The molecule has 8 nitrogen and oxygen atoms in total. The molecule has 0 radical (unpaired) electrons. The molecule has 4 aromatic rings. The van der Waals surface area contributed by atoms with E-state index in [1.165, 1.54) is 6.92 Å². The summed E-state index contributed by atoms with van der Waals surface area (Å²) in [4.78, 5) is 29.2. The van der Waals surface area contributed by atoms with Crippen LogP contribution in [-0.4, -0.2) is 37.0 Å². The van der Waals surface area contributed by atoms with Gasteiger partial charge in [-0.05, 0) is 49.1 Å². The summed E-state index contributed by atoms with van der Waals surface area (Å²) < 4.78 is 2.22. The van der Waals surface area contributed by atoms with Crippen molar-refractivity contribution in [3.63, 3.8) is 0 Å². The zero-order chi connectivity index (χ0) is 21.2. The van der Waals surface area contributed by atoms with Crippen LogP contribution in [0.15, 0.2) is 55.0 Å². The van der Waals surface area contributed by atoms with Crippen LogP contribution >= 0.6 is 0 Å². The molecule has 0 saturated heterocycles. The molecule has 1 aliphatic rings. The van der Waals surface area contributed by atoms with E-state index in [0.717, 1.165) is 53.1 Å². The van der Waals surface area contributed by atoms with Gasteiger partial charge in [0.15, 0.2) is 5.65 Å². The van der Waals surface area contributed by atoms with Gasteiger partial charge >= 0.3 is 0 Å². The molecule has 31 heavy (non-hydrogen) atoms. The van der Waals surface area contributed by atoms with E-state index >= 15 is 0 Å². The Morgan fingerprint density at radius 3 is 2.58 bits per heavy atom. The summed E-state index contributed by atoms with van der Waals surface area (Å²) in [6.45, 7) is 2.16. The number of rotatable bonds is 7. The molecule has 0 unspecified atom stereocenters. The number of aromatic nitrogens is 5. The van der Waals surface area contributed by atoms with Crippen LogP contribution in [0.2, 0.25) is 0 Å². The molecule has 2 N–H and O–H groups in total. The zero-order valence-corrected chi connectivity index (χ0v) is 17.2. The fourth-order valence-electron chi connectivity index (χ4n) is 3.60. The van der Waals surface area contributed by atoms with Gasteiger partial charge in [0.05, 0.1) is 6.20 Å². The predicted octanol–water partition coefficient (Wildman–Crippen LogP) is 3.65. The smallest absolute Gasteiger partial charge is 0.229 e. The molecule has 0 atom stereocenters. The number of fused-ring (bicyclic) bond motifs is 1. The topological polar surface area (TPSA) is 97.6 Å². The fourth-order valence-corrected chi connectivity index (χ4v) is 3.60. The van der Waals surface area contributed by atoms with Gasteiger partial charge in [-0.15, -0.1) is 0 Å². The maximum Gasteiger partial charge on any atom is 0.229 e. The van der Waals surface area contributed by atoms with Gasteiger partial charge in [-0.1, -0.05) is 12.1 Å². The molecular weight excluding hydrogens is 390 g/mol. The maximum absolute atomic E-state index is 11.0. The highest BCUT2D eigenvalue weighted by Crippen LogP contribution is 2.40. The van der Waals surface area contributed by atoms with E-state index in [-0.39, 0.29) is 5.91 Å². The van der Waals surface area contributed by atoms with Crippen LogP contribution in [0, 0.1) is 0 Å². The highest BCUT2D eigenvalue weighted by atomic mass is 16.1. The number of nitrogens with zero attached hydrogens (tertiary/aromatic N) is 5. The Labute approximate surface area is 179 Å². The molecule has 0 bridgehead atoms. The number of imidazole rings is 1. The Kier molecular flexibility index (Phi) is 5.03. The summed E-state index contributed by atoms with van der Waals surface area (Å²) in [5, 5.41) is 6.10. The largest absolute Gasteiger partial charge is 0.356 e. The molecule has 0 aliphatic heterocycles. The number of carbonyl (C=O) groups excluding carboxylic acids is 1. The maximum atomic E-state index is 11.0. The highest BCUT2D eigenvalue weighted by molar-refractivity contribution is 5.78. The Bertz CT molecular complexity index is 1210. The summed E-state index contributed by atoms with van der Waals surface area (Å²) in [5.41, 5.74) is 4.74. The molecule has 0 spiro atoms. The SMILES string of the molecule is CC(=O)NCCc1ccc(Nc2ncc3nc(-c4ccncc4)n(C4CC4)c3n2)cc1. The van der Waals surface area contributed by atoms with Crippen LogP contribution in [-0.2, 0) is 11.2 Å². The number of carbonyl (C=O) groups is 1. The number of benzene rings is 1. The van der Waals surface area contributed by atoms with Gasteiger partial charge in [0.25, 0.3) is 0 Å². The van der Waals surface area contributed by atoms with E-state index in [1.807, 2.05) is 36.4 Å². The van der Waals surface area contributed by atoms with Crippen molar-refractivity contribution in [3.8, 4) is 11.4 Å². The average molecular weight is 413 g/mol. The minimum atomic E-state index is -0.0108. The second kappa shape index (κ2) is 8.14. The van der Waals surface area contributed by atoms with Crippen molar-refractivity contribution in [3.05, 3.63) is 60.6 Å². The average Bonchev–Trinajstić information content (AvgIpc) is 3.55.